The fourth-order valence-corrected chi connectivity index (χ4v) is 2.73. The average molecular weight is 357 g/mol. The Balaban J connectivity index is 1.83. The highest BCUT2D eigenvalue weighted by Crippen LogP contribution is 2.32. The number of rotatable bonds is 7. The van der Waals surface area contributed by atoms with E-state index in [2.05, 4.69) is 5.32 Å². The molecule has 0 saturated carbocycles. The Morgan fingerprint density at radius 1 is 1.31 bits per heavy atom. The Morgan fingerprint density at radius 3 is 2.85 bits per heavy atom. The second-order valence-corrected chi connectivity index (χ2v) is 5.66. The highest BCUT2D eigenvalue weighted by atomic mass is 16.6. The standard InChI is InChI=1S/C18H19N3O5/c1-2-25-15-5-3-4-13(10-15)12-19-16-7-6-14(21(23)24)11-17(16)20-8-9-26-18(20)22/h3-7,10-11,19H,2,8-9,12H2,1H3. The number of benzene rings is 2. The normalized spacial score (nSPS) is 13.4. The summed E-state index contributed by atoms with van der Waals surface area (Å²) >= 11 is 0. The molecule has 8 nitrogen and oxygen atoms in total. The van der Waals surface area contributed by atoms with Crippen molar-refractivity contribution < 1.29 is 19.2 Å². The lowest BCUT2D eigenvalue weighted by molar-refractivity contribution is -0.384. The third kappa shape index (κ3) is 3.85. The van der Waals surface area contributed by atoms with Crippen LogP contribution in [0, 0.1) is 10.1 Å². The number of nitrogens with one attached hydrogen (secondary N) is 1. The van der Waals surface area contributed by atoms with E-state index >= 15 is 0 Å². The smallest absolute Gasteiger partial charge is 0.414 e. The Morgan fingerprint density at radius 2 is 2.15 bits per heavy atom. The molecule has 0 spiro atoms. The number of amides is 1. The van der Waals surface area contributed by atoms with Crippen LogP contribution >= 0.6 is 0 Å². The third-order valence-corrected chi connectivity index (χ3v) is 3.94. The van der Waals surface area contributed by atoms with E-state index < -0.39 is 11.0 Å². The molecule has 1 amide bonds. The summed E-state index contributed by atoms with van der Waals surface area (Å²) in [5.41, 5.74) is 1.96. The summed E-state index contributed by atoms with van der Waals surface area (Å²) in [5.74, 6) is 0.777. The Bertz CT molecular complexity index is 824. The summed E-state index contributed by atoms with van der Waals surface area (Å²) in [6, 6.07) is 12.0. The van der Waals surface area contributed by atoms with Crippen LogP contribution in [0.5, 0.6) is 5.75 Å². The van der Waals surface area contributed by atoms with Crippen molar-refractivity contribution in [3.8, 4) is 5.75 Å². The number of carbonyl (C=O) groups excluding carboxylic acids is 1. The quantitative estimate of drug-likeness (QED) is 0.601. The summed E-state index contributed by atoms with van der Waals surface area (Å²) < 4.78 is 10.4. The molecule has 0 aliphatic carbocycles. The van der Waals surface area contributed by atoms with Crippen LogP contribution in [0.2, 0.25) is 0 Å². The van der Waals surface area contributed by atoms with Gasteiger partial charge < -0.3 is 14.8 Å². The van der Waals surface area contributed by atoms with Gasteiger partial charge in [0.2, 0.25) is 0 Å². The predicted octanol–water partition coefficient (Wildman–Crippen LogP) is 3.56. The highest BCUT2D eigenvalue weighted by molar-refractivity contribution is 5.94. The van der Waals surface area contributed by atoms with Gasteiger partial charge in [-0.1, -0.05) is 12.1 Å². The molecule has 136 valence electrons. The van der Waals surface area contributed by atoms with Crippen LogP contribution < -0.4 is 15.0 Å². The molecule has 0 aromatic heterocycles. The molecular weight excluding hydrogens is 338 g/mol. The van der Waals surface area contributed by atoms with Crippen molar-refractivity contribution in [2.45, 2.75) is 13.5 Å². The molecule has 0 bridgehead atoms. The largest absolute Gasteiger partial charge is 0.494 e. The molecule has 1 aliphatic heterocycles. The van der Waals surface area contributed by atoms with Crippen LogP contribution in [0.3, 0.4) is 0 Å². The summed E-state index contributed by atoms with van der Waals surface area (Å²) in [4.78, 5) is 23.9. The molecule has 1 fully saturated rings. The van der Waals surface area contributed by atoms with Gasteiger partial charge in [-0.2, -0.15) is 0 Å². The number of ether oxygens (including phenoxy) is 2. The minimum atomic E-state index is -0.508. The fourth-order valence-electron chi connectivity index (χ4n) is 2.73. The first-order valence-corrected chi connectivity index (χ1v) is 8.27. The second kappa shape index (κ2) is 7.73. The number of nitrogens with zero attached hydrogens (tertiary/aromatic N) is 2. The maximum absolute atomic E-state index is 11.9. The van der Waals surface area contributed by atoms with Crippen molar-refractivity contribution in [2.24, 2.45) is 0 Å². The molecular formula is C18H19N3O5. The molecule has 1 heterocycles. The number of nitro groups is 1. The van der Waals surface area contributed by atoms with Gasteiger partial charge in [0, 0.05) is 18.7 Å². The van der Waals surface area contributed by atoms with Gasteiger partial charge in [-0.25, -0.2) is 4.79 Å². The molecule has 1 N–H and O–H groups in total. The van der Waals surface area contributed by atoms with Gasteiger partial charge in [0.15, 0.2) is 0 Å². The second-order valence-electron chi connectivity index (χ2n) is 5.66. The van der Waals surface area contributed by atoms with E-state index in [-0.39, 0.29) is 12.3 Å². The van der Waals surface area contributed by atoms with Gasteiger partial charge in [-0.15, -0.1) is 0 Å². The maximum atomic E-state index is 11.9. The molecule has 0 unspecified atom stereocenters. The number of cyclic esters (lactones) is 1. The number of carbonyl (C=O) groups is 1. The summed E-state index contributed by atoms with van der Waals surface area (Å²) in [5, 5.41) is 14.3. The third-order valence-electron chi connectivity index (χ3n) is 3.94. The predicted molar refractivity (Wildman–Crippen MR) is 96.7 cm³/mol. The number of hydrogen-bond acceptors (Lipinski definition) is 6. The van der Waals surface area contributed by atoms with Gasteiger partial charge in [0.1, 0.15) is 12.4 Å². The first-order chi connectivity index (χ1) is 12.6. The lowest BCUT2D eigenvalue weighted by Crippen LogP contribution is -2.24. The molecule has 26 heavy (non-hydrogen) atoms. The fraction of sp³-hybridized carbons (Fsp3) is 0.278. The van der Waals surface area contributed by atoms with Crippen LogP contribution in [0.15, 0.2) is 42.5 Å². The van der Waals surface area contributed by atoms with Gasteiger partial charge in [0.25, 0.3) is 5.69 Å². The average Bonchev–Trinajstić information content (AvgIpc) is 3.06. The molecule has 2 aromatic carbocycles. The van der Waals surface area contributed by atoms with Crippen LogP contribution in [-0.4, -0.2) is 30.8 Å². The summed E-state index contributed by atoms with van der Waals surface area (Å²) in [6.07, 6.45) is -0.508. The van der Waals surface area contributed by atoms with Crippen molar-refractivity contribution in [3.05, 3.63) is 58.1 Å². The topological polar surface area (TPSA) is 93.9 Å². The van der Waals surface area contributed by atoms with Gasteiger partial charge in [-0.05, 0) is 30.7 Å². The molecule has 3 rings (SSSR count). The monoisotopic (exact) mass is 357 g/mol. The zero-order valence-corrected chi connectivity index (χ0v) is 14.3. The maximum Gasteiger partial charge on any atom is 0.414 e. The minimum Gasteiger partial charge on any atom is -0.494 e. The minimum absolute atomic E-state index is 0.0800. The molecule has 1 saturated heterocycles. The van der Waals surface area contributed by atoms with Crippen LogP contribution in [0.25, 0.3) is 0 Å². The first kappa shape index (κ1) is 17.5. The van der Waals surface area contributed by atoms with Gasteiger partial charge in [0.05, 0.1) is 29.4 Å². The van der Waals surface area contributed by atoms with Crippen molar-refractivity contribution in [2.75, 3.05) is 30.0 Å². The molecule has 2 aromatic rings. The van der Waals surface area contributed by atoms with Gasteiger partial charge in [-0.3, -0.25) is 15.0 Å². The molecule has 1 aliphatic rings. The Kier molecular flexibility index (Phi) is 5.21. The summed E-state index contributed by atoms with van der Waals surface area (Å²) in [6.45, 7) is 3.60. The Hall–Kier alpha value is -3.29. The highest BCUT2D eigenvalue weighted by Gasteiger charge is 2.27. The van der Waals surface area contributed by atoms with E-state index in [1.807, 2.05) is 31.2 Å². The molecule has 0 radical (unpaired) electrons. The van der Waals surface area contributed by atoms with Crippen molar-refractivity contribution in [1.82, 2.24) is 0 Å². The summed E-state index contributed by atoms with van der Waals surface area (Å²) in [7, 11) is 0. The number of anilines is 2. The van der Waals surface area contributed by atoms with E-state index in [0.29, 0.717) is 31.1 Å². The number of hydrogen-bond donors (Lipinski definition) is 1. The lowest BCUT2D eigenvalue weighted by Gasteiger charge is -2.18. The SMILES string of the molecule is CCOc1cccc(CNc2ccc([N+](=O)[O-])cc2N2CCOC2=O)c1. The van der Waals surface area contributed by atoms with E-state index in [1.54, 1.807) is 6.07 Å². The Labute approximate surface area is 150 Å². The molecule has 8 heteroatoms. The van der Waals surface area contributed by atoms with Gasteiger partial charge >= 0.3 is 6.09 Å². The van der Waals surface area contributed by atoms with E-state index in [0.717, 1.165) is 11.3 Å². The van der Waals surface area contributed by atoms with Crippen molar-refractivity contribution in [3.63, 3.8) is 0 Å². The van der Waals surface area contributed by atoms with Crippen LogP contribution in [-0.2, 0) is 11.3 Å². The van der Waals surface area contributed by atoms with Crippen LogP contribution in [0.1, 0.15) is 12.5 Å². The van der Waals surface area contributed by atoms with E-state index in [9.17, 15) is 14.9 Å². The zero-order valence-electron chi connectivity index (χ0n) is 14.3. The van der Waals surface area contributed by atoms with E-state index in [4.69, 9.17) is 9.47 Å². The van der Waals surface area contributed by atoms with Crippen molar-refractivity contribution >= 4 is 23.2 Å². The van der Waals surface area contributed by atoms with Crippen LogP contribution in [0.4, 0.5) is 21.9 Å². The number of non-ortho nitro benzene ring substituents is 1. The van der Waals surface area contributed by atoms with E-state index in [1.165, 1.54) is 17.0 Å². The molecule has 0 atom stereocenters. The lowest BCUT2D eigenvalue weighted by atomic mass is 10.2. The van der Waals surface area contributed by atoms with Crippen molar-refractivity contribution in [1.29, 1.82) is 0 Å². The number of nitro benzene ring substituents is 1. The zero-order chi connectivity index (χ0) is 18.5. The first-order valence-electron chi connectivity index (χ1n) is 8.27.